The highest BCUT2D eigenvalue weighted by Crippen LogP contribution is 2.45. The second kappa shape index (κ2) is 5.54. The van der Waals surface area contributed by atoms with E-state index < -0.39 is 0 Å². The van der Waals surface area contributed by atoms with Crippen molar-refractivity contribution in [3.8, 4) is 0 Å². The van der Waals surface area contributed by atoms with Crippen LogP contribution in [0.1, 0.15) is 36.2 Å². The van der Waals surface area contributed by atoms with Crippen LogP contribution >= 0.6 is 0 Å². The highest BCUT2D eigenvalue weighted by Gasteiger charge is 2.40. The summed E-state index contributed by atoms with van der Waals surface area (Å²) in [6.07, 6.45) is 10.3. The van der Waals surface area contributed by atoms with Gasteiger partial charge in [0.25, 0.3) is 0 Å². The van der Waals surface area contributed by atoms with Crippen molar-refractivity contribution in [2.45, 2.75) is 37.5 Å². The van der Waals surface area contributed by atoms with Gasteiger partial charge in [0.2, 0.25) is 0 Å². The lowest BCUT2D eigenvalue weighted by Gasteiger charge is -2.40. The summed E-state index contributed by atoms with van der Waals surface area (Å²) in [5.74, 6) is 1.20. The van der Waals surface area contributed by atoms with Crippen LogP contribution < -0.4 is 0 Å². The minimum Gasteiger partial charge on any atom is -0.338 e. The Morgan fingerprint density at radius 1 is 1.14 bits per heavy atom. The Balaban J connectivity index is 1.38. The number of imidazole rings is 1. The zero-order chi connectivity index (χ0) is 15.0. The normalized spacial score (nSPS) is 20.4. The zero-order valence-corrected chi connectivity index (χ0v) is 13.5. The molecule has 0 saturated carbocycles. The van der Waals surface area contributed by atoms with E-state index in [1.54, 1.807) is 11.1 Å². The van der Waals surface area contributed by atoms with Crippen LogP contribution in [0.15, 0.2) is 36.7 Å². The number of rotatable bonds is 3. The Hall–Kier alpha value is -1.61. The molecule has 0 unspecified atom stereocenters. The monoisotopic (exact) mass is 295 g/mol. The molecule has 2 heterocycles. The molecular weight excluding hydrogens is 270 g/mol. The summed E-state index contributed by atoms with van der Waals surface area (Å²) in [5.41, 5.74) is 3.73. The van der Waals surface area contributed by atoms with Crippen molar-refractivity contribution >= 4 is 0 Å². The fourth-order valence-corrected chi connectivity index (χ4v) is 4.38. The van der Waals surface area contributed by atoms with E-state index in [0.717, 1.165) is 13.0 Å². The van der Waals surface area contributed by atoms with Crippen LogP contribution in [0.2, 0.25) is 0 Å². The first kappa shape index (κ1) is 14.0. The van der Waals surface area contributed by atoms with Crippen molar-refractivity contribution in [2.24, 2.45) is 7.05 Å². The molecule has 1 fully saturated rings. The Bertz CT molecular complexity index is 650. The minimum absolute atomic E-state index is 0.482. The van der Waals surface area contributed by atoms with Crippen LogP contribution in [0.25, 0.3) is 0 Å². The molecule has 3 nitrogen and oxygen atoms in total. The summed E-state index contributed by atoms with van der Waals surface area (Å²) in [7, 11) is 2.09. The van der Waals surface area contributed by atoms with Gasteiger partial charge in [-0.2, -0.15) is 0 Å². The SMILES string of the molecule is Cn1ccnc1CCN1CCC2(CCc3ccccc32)CC1. The van der Waals surface area contributed by atoms with Gasteiger partial charge in [-0.15, -0.1) is 0 Å². The van der Waals surface area contributed by atoms with Crippen molar-refractivity contribution in [1.82, 2.24) is 14.5 Å². The van der Waals surface area contributed by atoms with Crippen LogP contribution in [0.5, 0.6) is 0 Å². The summed E-state index contributed by atoms with van der Waals surface area (Å²) >= 11 is 0. The Labute approximate surface area is 133 Å². The van der Waals surface area contributed by atoms with Crippen LogP contribution in [0.4, 0.5) is 0 Å². The zero-order valence-electron chi connectivity index (χ0n) is 13.5. The minimum atomic E-state index is 0.482. The number of likely N-dealkylation sites (tertiary alicyclic amines) is 1. The lowest BCUT2D eigenvalue weighted by atomic mass is 9.74. The molecule has 1 aromatic heterocycles. The third-order valence-corrected chi connectivity index (χ3v) is 5.85. The van der Waals surface area contributed by atoms with Crippen molar-refractivity contribution in [3.63, 3.8) is 0 Å². The first-order valence-electron chi connectivity index (χ1n) is 8.54. The maximum atomic E-state index is 4.44. The predicted molar refractivity (Wildman–Crippen MR) is 89.0 cm³/mol. The molecule has 0 N–H and O–H groups in total. The number of hydrogen-bond donors (Lipinski definition) is 0. The molecule has 1 spiro atoms. The van der Waals surface area contributed by atoms with Crippen LogP contribution in [0.3, 0.4) is 0 Å². The van der Waals surface area contributed by atoms with Crippen LogP contribution in [0, 0.1) is 0 Å². The molecule has 3 heteroatoms. The van der Waals surface area contributed by atoms with Gasteiger partial charge in [-0.25, -0.2) is 4.98 Å². The number of piperidine rings is 1. The largest absolute Gasteiger partial charge is 0.338 e. The standard InChI is InChI=1S/C19H25N3/c1-21-15-11-20-18(21)7-12-22-13-9-19(10-14-22)8-6-16-4-2-3-5-17(16)19/h2-5,11,15H,6-10,12-14H2,1H3. The van der Waals surface area contributed by atoms with Gasteiger partial charge < -0.3 is 9.47 Å². The molecule has 0 atom stereocenters. The summed E-state index contributed by atoms with van der Waals surface area (Å²) in [6.45, 7) is 3.61. The summed E-state index contributed by atoms with van der Waals surface area (Å²) in [5, 5.41) is 0. The molecule has 0 bridgehead atoms. The number of hydrogen-bond acceptors (Lipinski definition) is 2. The van der Waals surface area contributed by atoms with Gasteiger partial charge in [0, 0.05) is 32.4 Å². The Morgan fingerprint density at radius 2 is 1.95 bits per heavy atom. The molecule has 2 aliphatic rings. The van der Waals surface area contributed by atoms with E-state index in [9.17, 15) is 0 Å². The Morgan fingerprint density at radius 3 is 2.73 bits per heavy atom. The van der Waals surface area contributed by atoms with E-state index in [2.05, 4.69) is 45.8 Å². The van der Waals surface area contributed by atoms with Gasteiger partial charge >= 0.3 is 0 Å². The fraction of sp³-hybridized carbons (Fsp3) is 0.526. The highest BCUT2D eigenvalue weighted by molar-refractivity contribution is 5.39. The molecule has 0 radical (unpaired) electrons. The van der Waals surface area contributed by atoms with Crippen molar-refractivity contribution < 1.29 is 0 Å². The number of aryl methyl sites for hydroxylation is 2. The highest BCUT2D eigenvalue weighted by atomic mass is 15.1. The molecule has 116 valence electrons. The van der Waals surface area contributed by atoms with E-state index in [-0.39, 0.29) is 0 Å². The molecule has 22 heavy (non-hydrogen) atoms. The number of benzene rings is 1. The van der Waals surface area contributed by atoms with E-state index in [1.165, 1.54) is 44.6 Å². The van der Waals surface area contributed by atoms with Crippen LogP contribution in [-0.4, -0.2) is 34.1 Å². The molecule has 0 amide bonds. The molecule has 2 aromatic rings. The van der Waals surface area contributed by atoms with E-state index >= 15 is 0 Å². The maximum Gasteiger partial charge on any atom is 0.109 e. The first-order chi connectivity index (χ1) is 10.8. The molecule has 1 saturated heterocycles. The average Bonchev–Trinajstić information content (AvgIpc) is 3.12. The third-order valence-electron chi connectivity index (χ3n) is 5.85. The molecular formula is C19H25N3. The second-order valence-electron chi connectivity index (χ2n) is 6.98. The lowest BCUT2D eigenvalue weighted by molar-refractivity contribution is 0.159. The average molecular weight is 295 g/mol. The number of aromatic nitrogens is 2. The quantitative estimate of drug-likeness (QED) is 0.868. The molecule has 1 aliphatic heterocycles. The van der Waals surface area contributed by atoms with Crippen molar-refractivity contribution in [3.05, 3.63) is 53.6 Å². The van der Waals surface area contributed by atoms with Gasteiger partial charge in [-0.1, -0.05) is 24.3 Å². The molecule has 4 rings (SSSR count). The molecule has 1 aromatic carbocycles. The van der Waals surface area contributed by atoms with Crippen molar-refractivity contribution in [1.29, 1.82) is 0 Å². The first-order valence-corrected chi connectivity index (χ1v) is 8.54. The smallest absolute Gasteiger partial charge is 0.109 e. The number of fused-ring (bicyclic) bond motifs is 2. The summed E-state index contributed by atoms with van der Waals surface area (Å²) in [6, 6.07) is 9.13. The predicted octanol–water partition coefficient (Wildman–Crippen LogP) is 2.94. The maximum absolute atomic E-state index is 4.44. The van der Waals surface area contributed by atoms with E-state index in [4.69, 9.17) is 0 Å². The van der Waals surface area contributed by atoms with Gasteiger partial charge in [0.15, 0.2) is 0 Å². The fourth-order valence-electron chi connectivity index (χ4n) is 4.38. The van der Waals surface area contributed by atoms with Gasteiger partial charge in [0.05, 0.1) is 0 Å². The third kappa shape index (κ3) is 2.38. The summed E-state index contributed by atoms with van der Waals surface area (Å²) in [4.78, 5) is 7.06. The topological polar surface area (TPSA) is 21.1 Å². The van der Waals surface area contributed by atoms with Crippen molar-refractivity contribution in [2.75, 3.05) is 19.6 Å². The molecule has 1 aliphatic carbocycles. The lowest BCUT2D eigenvalue weighted by Crippen LogP contribution is -2.42. The van der Waals surface area contributed by atoms with Gasteiger partial charge in [-0.3, -0.25) is 0 Å². The Kier molecular flexibility index (Phi) is 3.53. The number of nitrogens with zero attached hydrogens (tertiary/aromatic N) is 3. The van der Waals surface area contributed by atoms with Gasteiger partial charge in [-0.05, 0) is 55.3 Å². The van der Waals surface area contributed by atoms with Crippen LogP contribution in [-0.2, 0) is 25.3 Å². The van der Waals surface area contributed by atoms with E-state index in [0.29, 0.717) is 5.41 Å². The second-order valence-corrected chi connectivity index (χ2v) is 6.98. The van der Waals surface area contributed by atoms with Gasteiger partial charge in [0.1, 0.15) is 5.82 Å². The summed E-state index contributed by atoms with van der Waals surface area (Å²) < 4.78 is 2.14. The van der Waals surface area contributed by atoms with E-state index in [1.807, 2.05) is 12.4 Å².